The molecule has 0 aromatic heterocycles. The van der Waals surface area contributed by atoms with E-state index >= 15 is 0 Å². The van der Waals surface area contributed by atoms with Crippen LogP contribution in [0.1, 0.15) is 43.6 Å². The van der Waals surface area contributed by atoms with Crippen molar-refractivity contribution in [2.75, 3.05) is 10.6 Å². The van der Waals surface area contributed by atoms with E-state index in [1.54, 1.807) is 45.0 Å². The van der Waals surface area contributed by atoms with Crippen molar-refractivity contribution in [2.24, 2.45) is 5.41 Å². The van der Waals surface area contributed by atoms with E-state index in [0.29, 0.717) is 11.4 Å². The molecule has 148 valence electrons. The highest BCUT2D eigenvalue weighted by Gasteiger charge is 2.22. The number of nitrogens with one attached hydrogen (secondary N) is 2. The summed E-state index contributed by atoms with van der Waals surface area (Å²) < 4.78 is 5.26. The topological polar surface area (TPSA) is 84.5 Å². The number of anilines is 2. The normalized spacial score (nSPS) is 12.0. The summed E-state index contributed by atoms with van der Waals surface area (Å²) >= 11 is 0. The maximum atomic E-state index is 12.4. The molecule has 0 aliphatic rings. The molecule has 6 nitrogen and oxygen atoms in total. The van der Waals surface area contributed by atoms with Gasteiger partial charge in [0.05, 0.1) is 5.56 Å². The average molecular weight is 382 g/mol. The predicted molar refractivity (Wildman–Crippen MR) is 109 cm³/mol. The van der Waals surface area contributed by atoms with Crippen LogP contribution in [-0.4, -0.2) is 23.9 Å². The van der Waals surface area contributed by atoms with Gasteiger partial charge in [-0.2, -0.15) is 0 Å². The largest absolute Gasteiger partial charge is 0.449 e. The van der Waals surface area contributed by atoms with Crippen molar-refractivity contribution >= 4 is 29.2 Å². The van der Waals surface area contributed by atoms with Crippen LogP contribution in [-0.2, 0) is 14.3 Å². The second kappa shape index (κ2) is 8.69. The van der Waals surface area contributed by atoms with Crippen molar-refractivity contribution in [3.8, 4) is 0 Å². The van der Waals surface area contributed by atoms with E-state index in [9.17, 15) is 14.4 Å². The fourth-order valence-electron chi connectivity index (χ4n) is 2.29. The minimum atomic E-state index is -0.971. The Labute approximate surface area is 165 Å². The van der Waals surface area contributed by atoms with Gasteiger partial charge in [-0.25, -0.2) is 4.79 Å². The number of ether oxygens (including phenoxy) is 1. The zero-order valence-corrected chi connectivity index (χ0v) is 16.8. The fourth-order valence-corrected chi connectivity index (χ4v) is 2.29. The minimum Gasteiger partial charge on any atom is -0.449 e. The third kappa shape index (κ3) is 5.94. The fraction of sp³-hybridized carbons (Fsp3) is 0.318. The number of hydrogen-bond donors (Lipinski definition) is 2. The Hall–Kier alpha value is -3.15. The number of benzene rings is 2. The van der Waals surface area contributed by atoms with Gasteiger partial charge in [0.15, 0.2) is 6.10 Å². The van der Waals surface area contributed by atoms with Crippen LogP contribution in [0.2, 0.25) is 0 Å². The van der Waals surface area contributed by atoms with E-state index in [1.807, 2.05) is 25.1 Å². The van der Waals surface area contributed by atoms with Crippen molar-refractivity contribution in [3.05, 3.63) is 59.7 Å². The molecule has 0 saturated carbocycles. The van der Waals surface area contributed by atoms with E-state index in [1.165, 1.54) is 13.0 Å². The highest BCUT2D eigenvalue weighted by atomic mass is 16.5. The number of hydrogen-bond acceptors (Lipinski definition) is 4. The molecule has 0 bridgehead atoms. The predicted octanol–water partition coefficient (Wildman–Crippen LogP) is 4.16. The molecule has 6 heteroatoms. The Morgan fingerprint density at radius 3 is 2.14 bits per heavy atom. The van der Waals surface area contributed by atoms with Crippen molar-refractivity contribution in [1.29, 1.82) is 0 Å². The first-order valence-corrected chi connectivity index (χ1v) is 9.06. The second-order valence-corrected chi connectivity index (χ2v) is 7.69. The second-order valence-electron chi connectivity index (χ2n) is 7.69. The number of rotatable bonds is 5. The molecule has 0 saturated heterocycles. The highest BCUT2D eigenvalue weighted by Crippen LogP contribution is 2.19. The lowest BCUT2D eigenvalue weighted by Crippen LogP contribution is -2.30. The van der Waals surface area contributed by atoms with E-state index in [-0.39, 0.29) is 11.5 Å². The van der Waals surface area contributed by atoms with Crippen molar-refractivity contribution in [2.45, 2.75) is 40.7 Å². The first-order valence-electron chi connectivity index (χ1n) is 9.06. The van der Waals surface area contributed by atoms with E-state index in [0.717, 1.165) is 5.56 Å². The van der Waals surface area contributed by atoms with Crippen LogP contribution in [0.3, 0.4) is 0 Å². The SMILES string of the molecule is Cc1cccc(NC(=O)C(C)OC(=O)c2cccc(NC(=O)C(C)(C)C)c2)c1. The molecular formula is C22H26N2O4. The molecule has 0 fully saturated rings. The molecule has 1 atom stereocenters. The molecule has 2 rings (SSSR count). The lowest BCUT2D eigenvalue weighted by atomic mass is 9.95. The van der Waals surface area contributed by atoms with Crippen molar-refractivity contribution < 1.29 is 19.1 Å². The Morgan fingerprint density at radius 2 is 1.54 bits per heavy atom. The molecule has 2 N–H and O–H groups in total. The summed E-state index contributed by atoms with van der Waals surface area (Å²) in [6.45, 7) is 8.83. The lowest BCUT2D eigenvalue weighted by molar-refractivity contribution is -0.124. The van der Waals surface area contributed by atoms with Gasteiger partial charge < -0.3 is 15.4 Å². The summed E-state index contributed by atoms with van der Waals surface area (Å²) in [6.07, 6.45) is -0.971. The van der Waals surface area contributed by atoms with Crippen LogP contribution < -0.4 is 10.6 Å². The quantitative estimate of drug-likeness (QED) is 0.761. The molecule has 0 radical (unpaired) electrons. The summed E-state index contributed by atoms with van der Waals surface area (Å²) in [6, 6.07) is 13.8. The van der Waals surface area contributed by atoms with Gasteiger partial charge in [-0.15, -0.1) is 0 Å². The van der Waals surface area contributed by atoms with Crippen molar-refractivity contribution in [1.82, 2.24) is 0 Å². The van der Waals surface area contributed by atoms with E-state index < -0.39 is 23.4 Å². The van der Waals surface area contributed by atoms with Crippen LogP contribution in [0, 0.1) is 12.3 Å². The maximum absolute atomic E-state index is 12.4. The van der Waals surface area contributed by atoms with E-state index in [4.69, 9.17) is 4.74 Å². The maximum Gasteiger partial charge on any atom is 0.338 e. The molecule has 0 spiro atoms. The monoisotopic (exact) mass is 382 g/mol. The van der Waals surface area contributed by atoms with Gasteiger partial charge in [0.1, 0.15) is 0 Å². The molecule has 2 aromatic carbocycles. The summed E-state index contributed by atoms with van der Waals surface area (Å²) in [5, 5.41) is 5.49. The van der Waals surface area contributed by atoms with Crippen LogP contribution in [0.25, 0.3) is 0 Å². The van der Waals surface area contributed by atoms with Crippen LogP contribution >= 0.6 is 0 Å². The third-order valence-corrected chi connectivity index (χ3v) is 3.98. The molecule has 0 aliphatic heterocycles. The molecule has 0 heterocycles. The molecule has 1 unspecified atom stereocenters. The number of esters is 1. The van der Waals surface area contributed by atoms with Crippen LogP contribution in [0.15, 0.2) is 48.5 Å². The van der Waals surface area contributed by atoms with E-state index in [2.05, 4.69) is 10.6 Å². The number of carbonyl (C=O) groups is 3. The standard InChI is InChI=1S/C22H26N2O4/c1-14-8-6-10-17(12-14)23-19(25)15(2)28-20(26)16-9-7-11-18(13-16)24-21(27)22(3,4)5/h6-13,15H,1-5H3,(H,23,25)(H,24,27). The van der Waals surface area contributed by atoms with Gasteiger partial charge in [-0.1, -0.05) is 39.0 Å². The Morgan fingerprint density at radius 1 is 0.929 bits per heavy atom. The number of aryl methyl sites for hydroxylation is 1. The zero-order chi connectivity index (χ0) is 20.9. The van der Waals surface area contributed by atoms with Crippen molar-refractivity contribution in [3.63, 3.8) is 0 Å². The van der Waals surface area contributed by atoms with Gasteiger partial charge in [-0.05, 0) is 49.7 Å². The first kappa shape index (κ1) is 21.2. The summed E-state index contributed by atoms with van der Waals surface area (Å²) in [7, 11) is 0. The summed E-state index contributed by atoms with van der Waals surface area (Å²) in [5.41, 5.74) is 1.84. The lowest BCUT2D eigenvalue weighted by Gasteiger charge is -2.18. The molecule has 28 heavy (non-hydrogen) atoms. The van der Waals surface area contributed by atoms with Gasteiger partial charge in [0.25, 0.3) is 5.91 Å². The Bertz CT molecular complexity index is 884. The van der Waals surface area contributed by atoms with Gasteiger partial charge in [0.2, 0.25) is 5.91 Å². The molecule has 2 amide bonds. The third-order valence-electron chi connectivity index (χ3n) is 3.98. The van der Waals surface area contributed by atoms with Crippen LogP contribution in [0.4, 0.5) is 11.4 Å². The molecule has 2 aromatic rings. The smallest absolute Gasteiger partial charge is 0.338 e. The summed E-state index contributed by atoms with van der Waals surface area (Å²) in [5.74, 6) is -1.22. The number of amides is 2. The van der Waals surface area contributed by atoms with Crippen LogP contribution in [0.5, 0.6) is 0 Å². The molecular weight excluding hydrogens is 356 g/mol. The minimum absolute atomic E-state index is 0.163. The van der Waals surface area contributed by atoms with Gasteiger partial charge in [0, 0.05) is 16.8 Å². The Kier molecular flexibility index (Phi) is 6.57. The zero-order valence-electron chi connectivity index (χ0n) is 16.8. The highest BCUT2D eigenvalue weighted by molar-refractivity contribution is 5.99. The van der Waals surface area contributed by atoms with Gasteiger partial charge in [-0.3, -0.25) is 9.59 Å². The van der Waals surface area contributed by atoms with Gasteiger partial charge >= 0.3 is 5.97 Å². The molecule has 0 aliphatic carbocycles. The Balaban J connectivity index is 2.00. The number of carbonyl (C=O) groups excluding carboxylic acids is 3. The summed E-state index contributed by atoms with van der Waals surface area (Å²) in [4.78, 5) is 36.8. The first-order chi connectivity index (χ1) is 13.1. The average Bonchev–Trinajstić information content (AvgIpc) is 2.61.